The van der Waals surface area contributed by atoms with Gasteiger partial charge in [0.15, 0.2) is 5.78 Å². The molecule has 0 aromatic heterocycles. The number of carbonyl (C=O) groups excluding carboxylic acids is 1. The molecule has 0 saturated carbocycles. The first kappa shape index (κ1) is 17.8. The number of hydrogen-bond acceptors (Lipinski definition) is 5. The summed E-state index contributed by atoms with van der Waals surface area (Å²) in [5.74, 6) is 1.26. The van der Waals surface area contributed by atoms with Crippen molar-refractivity contribution in [1.29, 1.82) is 0 Å². The number of halogens is 1. The maximum Gasteiger partial charge on any atom is 0.167 e. The smallest absolute Gasteiger partial charge is 0.167 e. The summed E-state index contributed by atoms with van der Waals surface area (Å²) in [6.45, 7) is 1.87. The summed E-state index contributed by atoms with van der Waals surface area (Å²) >= 11 is 0. The molecule has 1 heterocycles. The summed E-state index contributed by atoms with van der Waals surface area (Å²) < 4.78 is 10.6. The quantitative estimate of drug-likeness (QED) is 0.922. The number of rotatable bonds is 3. The van der Waals surface area contributed by atoms with Gasteiger partial charge in [-0.25, -0.2) is 0 Å². The minimum Gasteiger partial charge on any atom is -0.497 e. The van der Waals surface area contributed by atoms with E-state index in [2.05, 4.69) is 0 Å². The lowest BCUT2D eigenvalue weighted by Crippen LogP contribution is -2.52. The Balaban J connectivity index is 0.00000220. The van der Waals surface area contributed by atoms with Crippen molar-refractivity contribution < 1.29 is 19.4 Å². The number of methoxy groups -OCH3 is 2. The summed E-state index contributed by atoms with van der Waals surface area (Å²) in [6.07, 6.45) is 0.270. The zero-order valence-electron chi connectivity index (χ0n) is 12.8. The highest BCUT2D eigenvalue weighted by molar-refractivity contribution is 5.88. The Hall–Kier alpha value is -1.30. The molecule has 0 amide bonds. The van der Waals surface area contributed by atoms with Gasteiger partial charge < -0.3 is 14.6 Å². The summed E-state index contributed by atoms with van der Waals surface area (Å²) in [5.41, 5.74) is -0.343. The molecule has 0 radical (unpaired) electrons. The third-order valence-electron chi connectivity index (χ3n) is 3.87. The topological polar surface area (TPSA) is 59.0 Å². The molecule has 5 nitrogen and oxygen atoms in total. The lowest BCUT2D eigenvalue weighted by molar-refractivity contribution is -0.144. The molecule has 0 aliphatic carbocycles. The number of nitrogens with zero attached hydrogens (tertiary/aromatic N) is 1. The molecule has 2 atom stereocenters. The molecule has 1 aromatic carbocycles. The average molecular weight is 316 g/mol. The molecule has 1 aromatic rings. The van der Waals surface area contributed by atoms with E-state index in [4.69, 9.17) is 9.47 Å². The largest absolute Gasteiger partial charge is 0.497 e. The maximum absolute atomic E-state index is 12.0. The van der Waals surface area contributed by atoms with Crippen molar-refractivity contribution >= 4 is 18.2 Å². The van der Waals surface area contributed by atoms with Gasteiger partial charge >= 0.3 is 0 Å². The van der Waals surface area contributed by atoms with Crippen LogP contribution in [0.5, 0.6) is 11.5 Å². The van der Waals surface area contributed by atoms with Gasteiger partial charge in [0.05, 0.1) is 14.2 Å². The van der Waals surface area contributed by atoms with E-state index in [0.29, 0.717) is 18.0 Å². The summed E-state index contributed by atoms with van der Waals surface area (Å²) in [4.78, 5) is 14.0. The number of benzene rings is 1. The molecule has 2 rings (SSSR count). The maximum atomic E-state index is 12.0. The van der Waals surface area contributed by atoms with Gasteiger partial charge in [0.25, 0.3) is 0 Å². The minimum absolute atomic E-state index is 0. The molecule has 1 aliphatic heterocycles. The monoisotopic (exact) mass is 315 g/mol. The second kappa shape index (κ2) is 6.64. The zero-order valence-corrected chi connectivity index (χ0v) is 13.6. The first-order valence-electron chi connectivity index (χ1n) is 6.57. The lowest BCUT2D eigenvalue weighted by Gasteiger charge is -2.40. The molecule has 1 fully saturated rings. The summed E-state index contributed by atoms with van der Waals surface area (Å²) in [5, 5.41) is 10.0. The molecular formula is C15H22ClNO4. The van der Waals surface area contributed by atoms with Crippen LogP contribution >= 0.6 is 12.4 Å². The van der Waals surface area contributed by atoms with E-state index in [1.165, 1.54) is 0 Å². The first-order valence-corrected chi connectivity index (χ1v) is 6.57. The molecule has 6 heteroatoms. The lowest BCUT2D eigenvalue weighted by atomic mass is 9.86. The fourth-order valence-corrected chi connectivity index (χ4v) is 2.68. The van der Waals surface area contributed by atoms with Crippen LogP contribution in [0.15, 0.2) is 18.2 Å². The van der Waals surface area contributed by atoms with Crippen LogP contribution in [-0.4, -0.2) is 49.2 Å². The predicted molar refractivity (Wildman–Crippen MR) is 82.4 cm³/mol. The van der Waals surface area contributed by atoms with E-state index in [9.17, 15) is 9.90 Å². The molecule has 1 aliphatic rings. The number of piperidine rings is 1. The third-order valence-corrected chi connectivity index (χ3v) is 3.87. The molecule has 21 heavy (non-hydrogen) atoms. The fourth-order valence-electron chi connectivity index (χ4n) is 2.68. The van der Waals surface area contributed by atoms with Crippen molar-refractivity contribution in [1.82, 2.24) is 4.90 Å². The van der Waals surface area contributed by atoms with Crippen LogP contribution in [0.2, 0.25) is 0 Å². The second-order valence-corrected chi connectivity index (χ2v) is 5.44. The van der Waals surface area contributed by atoms with Crippen LogP contribution in [0, 0.1) is 0 Å². The Morgan fingerprint density at radius 2 is 2.00 bits per heavy atom. The Kier molecular flexibility index (Phi) is 5.61. The molecule has 0 unspecified atom stereocenters. The van der Waals surface area contributed by atoms with Crippen LogP contribution in [0.25, 0.3) is 0 Å². The number of ketones is 1. The highest BCUT2D eigenvalue weighted by atomic mass is 35.5. The number of likely N-dealkylation sites (N-methyl/N-ethyl adjacent to an activating group) is 1. The molecule has 118 valence electrons. The molecule has 0 bridgehead atoms. The van der Waals surface area contributed by atoms with Crippen LogP contribution in [0.4, 0.5) is 0 Å². The van der Waals surface area contributed by atoms with Crippen molar-refractivity contribution in [3.63, 3.8) is 0 Å². The van der Waals surface area contributed by atoms with Gasteiger partial charge in [-0.15, -0.1) is 12.4 Å². The Bertz CT molecular complexity index is 518. The van der Waals surface area contributed by atoms with Crippen molar-refractivity contribution in [3.05, 3.63) is 23.8 Å². The van der Waals surface area contributed by atoms with E-state index in [1.807, 2.05) is 24.1 Å². The third kappa shape index (κ3) is 3.48. The second-order valence-electron chi connectivity index (χ2n) is 5.44. The van der Waals surface area contributed by atoms with Crippen LogP contribution in [0.3, 0.4) is 0 Å². The van der Waals surface area contributed by atoms with Gasteiger partial charge in [-0.2, -0.15) is 0 Å². The van der Waals surface area contributed by atoms with E-state index < -0.39 is 5.60 Å². The minimum atomic E-state index is -1.27. The van der Waals surface area contributed by atoms with Crippen molar-refractivity contribution in [3.8, 4) is 11.5 Å². The van der Waals surface area contributed by atoms with E-state index in [1.54, 1.807) is 27.2 Å². The van der Waals surface area contributed by atoms with E-state index >= 15 is 0 Å². The summed E-state index contributed by atoms with van der Waals surface area (Å²) in [7, 11) is 5.09. The SMILES string of the molecule is COc1ccc([C@@H]2CC(=O)[C@](C)(O)CN2C)c(OC)c1.Cl. The van der Waals surface area contributed by atoms with Crippen molar-refractivity contribution in [2.75, 3.05) is 27.8 Å². The van der Waals surface area contributed by atoms with Gasteiger partial charge in [0.1, 0.15) is 17.1 Å². The number of likely N-dealkylation sites (tertiary alicyclic amines) is 1. The number of ether oxygens (including phenoxy) is 2. The zero-order chi connectivity index (χ0) is 14.9. The van der Waals surface area contributed by atoms with Crippen molar-refractivity contribution in [2.24, 2.45) is 0 Å². The average Bonchev–Trinajstić information content (AvgIpc) is 2.42. The molecule has 1 saturated heterocycles. The Morgan fingerprint density at radius 1 is 1.33 bits per heavy atom. The summed E-state index contributed by atoms with van der Waals surface area (Å²) in [6, 6.07) is 5.47. The molecule has 0 spiro atoms. The van der Waals surface area contributed by atoms with Crippen molar-refractivity contribution in [2.45, 2.75) is 25.0 Å². The number of carbonyl (C=O) groups is 1. The highest BCUT2D eigenvalue weighted by Gasteiger charge is 2.41. The van der Waals surface area contributed by atoms with Gasteiger partial charge in [-0.05, 0) is 20.0 Å². The van der Waals surface area contributed by atoms with E-state index in [-0.39, 0.29) is 30.7 Å². The number of β-amino-alcohol motifs (C(OH)–C–C–N with tert-alkyl or cyclic N) is 1. The molecule has 1 N–H and O–H groups in total. The standard InChI is InChI=1S/C15H21NO4.ClH/c1-15(18)9-16(2)12(8-14(15)17)11-6-5-10(19-3)7-13(11)20-4;/h5-7,12,18H,8-9H2,1-4H3;1H/t12-,15+;/m0./s1. The van der Waals surface area contributed by atoms with Crippen LogP contribution in [0.1, 0.15) is 24.9 Å². The molecular weight excluding hydrogens is 294 g/mol. The Labute approximate surface area is 131 Å². The number of hydrogen-bond donors (Lipinski definition) is 1. The van der Waals surface area contributed by atoms with Gasteiger partial charge in [0.2, 0.25) is 0 Å². The highest BCUT2D eigenvalue weighted by Crippen LogP contribution is 2.37. The van der Waals surface area contributed by atoms with Gasteiger partial charge in [-0.3, -0.25) is 9.69 Å². The van der Waals surface area contributed by atoms with Gasteiger partial charge in [-0.1, -0.05) is 6.07 Å². The number of Topliss-reactive ketones (excluding diaryl/α,β-unsaturated/α-hetero) is 1. The number of aliphatic hydroxyl groups is 1. The van der Waals surface area contributed by atoms with Crippen LogP contribution in [-0.2, 0) is 4.79 Å². The normalized spacial score (nSPS) is 26.1. The van der Waals surface area contributed by atoms with E-state index in [0.717, 1.165) is 5.56 Å². The Morgan fingerprint density at radius 3 is 2.57 bits per heavy atom. The first-order chi connectivity index (χ1) is 9.39. The van der Waals surface area contributed by atoms with Crippen LogP contribution < -0.4 is 9.47 Å². The fraction of sp³-hybridized carbons (Fsp3) is 0.533. The predicted octanol–water partition coefficient (Wildman–Crippen LogP) is 1.82. The van der Waals surface area contributed by atoms with Gasteiger partial charge in [0, 0.05) is 30.6 Å².